The minimum atomic E-state index is 0.518. The van der Waals surface area contributed by atoms with Gasteiger partial charge in [0.2, 0.25) is 0 Å². The zero-order chi connectivity index (χ0) is 23.9. The van der Waals surface area contributed by atoms with Gasteiger partial charge in [-0.25, -0.2) is 0 Å². The molecule has 156 valence electrons. The summed E-state index contributed by atoms with van der Waals surface area (Å²) in [7, 11) is 0. The van der Waals surface area contributed by atoms with Gasteiger partial charge in [0.05, 0.1) is 46.5 Å². The van der Waals surface area contributed by atoms with E-state index in [9.17, 15) is 10.5 Å². The first-order valence-corrected chi connectivity index (χ1v) is 10.4. The maximum atomic E-state index is 9.62. The van der Waals surface area contributed by atoms with E-state index >= 15 is 0 Å². The molecule has 0 saturated heterocycles. The molecule has 4 rings (SSSR count). The van der Waals surface area contributed by atoms with Crippen molar-refractivity contribution in [3.05, 3.63) is 118 Å². The molecule has 0 spiro atoms. The summed E-state index contributed by atoms with van der Waals surface area (Å²) >= 11 is 0. The molecule has 0 aromatic heterocycles. The molecule has 0 bridgehead atoms. The van der Waals surface area contributed by atoms with E-state index in [-0.39, 0.29) is 0 Å². The molecule has 0 heterocycles. The lowest BCUT2D eigenvalue weighted by Crippen LogP contribution is -1.85. The van der Waals surface area contributed by atoms with Crippen molar-refractivity contribution in [2.45, 2.75) is 0 Å². The van der Waals surface area contributed by atoms with Gasteiger partial charge in [-0.05, 0) is 81.6 Å². The maximum absolute atomic E-state index is 9.62. The summed E-state index contributed by atoms with van der Waals surface area (Å²) in [6.07, 6.45) is 3.65. The van der Waals surface area contributed by atoms with E-state index < -0.39 is 0 Å². The van der Waals surface area contributed by atoms with E-state index in [1.807, 2.05) is 48.6 Å². The van der Waals surface area contributed by atoms with E-state index in [1.54, 1.807) is 48.5 Å². The van der Waals surface area contributed by atoms with Crippen LogP contribution in [0.4, 0.5) is 0 Å². The summed E-state index contributed by atoms with van der Waals surface area (Å²) in [5, 5.41) is 39.2. The summed E-state index contributed by atoms with van der Waals surface area (Å²) < 4.78 is 0. The second-order valence-electron chi connectivity index (χ2n) is 7.58. The van der Waals surface area contributed by atoms with E-state index in [0.29, 0.717) is 22.3 Å². The SMILES string of the molecule is N#C/C(=C\c1ccc2cc(/C=C(\C#N)c3ccc(C#N)cc3)ccc2c1)c1ccc(C#N)cc1. The van der Waals surface area contributed by atoms with E-state index in [2.05, 4.69) is 24.3 Å². The van der Waals surface area contributed by atoms with Gasteiger partial charge in [0, 0.05) is 0 Å². The standard InChI is InChI=1S/C30H16N4/c31-17-21-1-7-25(8-2-21)29(19-33)15-23-5-11-28-14-24(6-12-27(28)13-23)16-30(20-34)26-9-3-22(18-32)4-10-26/h1-16H/b29-15+,30-16+. The third-order valence-electron chi connectivity index (χ3n) is 5.40. The van der Waals surface area contributed by atoms with Crippen LogP contribution in [0.3, 0.4) is 0 Å². The topological polar surface area (TPSA) is 95.2 Å². The van der Waals surface area contributed by atoms with Crippen molar-refractivity contribution < 1.29 is 0 Å². The molecule has 0 N–H and O–H groups in total. The number of rotatable bonds is 4. The quantitative estimate of drug-likeness (QED) is 0.264. The summed E-state index contributed by atoms with van der Waals surface area (Å²) in [6, 6.07) is 34.4. The lowest BCUT2D eigenvalue weighted by atomic mass is 9.98. The number of hydrogen-bond acceptors (Lipinski definition) is 4. The van der Waals surface area contributed by atoms with Gasteiger partial charge in [0.15, 0.2) is 0 Å². The first-order valence-electron chi connectivity index (χ1n) is 10.4. The van der Waals surface area contributed by atoms with Crippen LogP contribution in [0.1, 0.15) is 33.4 Å². The van der Waals surface area contributed by atoms with Crippen molar-refractivity contribution in [1.82, 2.24) is 0 Å². The lowest BCUT2D eigenvalue weighted by molar-refractivity contribution is 1.47. The van der Waals surface area contributed by atoms with Crippen molar-refractivity contribution in [3.63, 3.8) is 0 Å². The summed E-state index contributed by atoms with van der Waals surface area (Å²) in [4.78, 5) is 0. The smallest absolute Gasteiger partial charge is 0.0998 e. The molecule has 4 heteroatoms. The van der Waals surface area contributed by atoms with Gasteiger partial charge in [-0.15, -0.1) is 0 Å². The van der Waals surface area contributed by atoms with Crippen molar-refractivity contribution in [1.29, 1.82) is 21.0 Å². The normalized spacial score (nSPS) is 11.2. The summed E-state index contributed by atoms with van der Waals surface area (Å²) in [5.41, 5.74) is 5.45. The minimum Gasteiger partial charge on any atom is -0.192 e. The minimum absolute atomic E-state index is 0.518. The highest BCUT2D eigenvalue weighted by atomic mass is 14.3. The number of nitrogens with zero attached hydrogens (tertiary/aromatic N) is 4. The van der Waals surface area contributed by atoms with Gasteiger partial charge in [-0.1, -0.05) is 48.5 Å². The average molecular weight is 432 g/mol. The molecule has 4 aromatic carbocycles. The van der Waals surface area contributed by atoms with Gasteiger partial charge >= 0.3 is 0 Å². The molecule has 0 aliphatic carbocycles. The van der Waals surface area contributed by atoms with E-state index in [1.165, 1.54) is 0 Å². The number of fused-ring (bicyclic) bond motifs is 1. The van der Waals surface area contributed by atoms with E-state index in [4.69, 9.17) is 10.5 Å². The van der Waals surface area contributed by atoms with Crippen molar-refractivity contribution in [2.75, 3.05) is 0 Å². The van der Waals surface area contributed by atoms with Gasteiger partial charge in [-0.3, -0.25) is 0 Å². The largest absolute Gasteiger partial charge is 0.192 e. The van der Waals surface area contributed by atoms with Crippen molar-refractivity contribution >= 4 is 34.1 Å². The van der Waals surface area contributed by atoms with Crippen molar-refractivity contribution in [3.8, 4) is 24.3 Å². The average Bonchev–Trinajstić information content (AvgIpc) is 2.90. The Hall–Kier alpha value is -5.42. The molecular formula is C30H16N4. The third-order valence-corrected chi connectivity index (χ3v) is 5.40. The first-order chi connectivity index (χ1) is 16.6. The van der Waals surface area contributed by atoms with Gasteiger partial charge in [-0.2, -0.15) is 21.0 Å². The zero-order valence-electron chi connectivity index (χ0n) is 18.0. The molecular weight excluding hydrogens is 416 g/mol. The molecule has 4 nitrogen and oxygen atoms in total. The number of hydrogen-bond donors (Lipinski definition) is 0. The fourth-order valence-electron chi connectivity index (χ4n) is 3.60. The highest BCUT2D eigenvalue weighted by Gasteiger charge is 2.05. The lowest BCUT2D eigenvalue weighted by Gasteiger charge is -2.05. The van der Waals surface area contributed by atoms with Crippen LogP contribution in [0, 0.1) is 45.3 Å². The van der Waals surface area contributed by atoms with Crippen LogP contribution in [0.15, 0.2) is 84.9 Å². The first kappa shape index (κ1) is 21.8. The van der Waals surface area contributed by atoms with Crippen LogP contribution in [-0.4, -0.2) is 0 Å². The Bertz CT molecular complexity index is 1490. The molecule has 0 saturated carbocycles. The molecule has 0 fully saturated rings. The Labute approximate surface area is 197 Å². The van der Waals surface area contributed by atoms with Crippen LogP contribution in [0.25, 0.3) is 34.1 Å². The fourth-order valence-corrected chi connectivity index (χ4v) is 3.60. The monoisotopic (exact) mass is 432 g/mol. The van der Waals surface area contributed by atoms with Crippen molar-refractivity contribution in [2.24, 2.45) is 0 Å². The molecule has 34 heavy (non-hydrogen) atoms. The molecule has 0 atom stereocenters. The van der Waals surface area contributed by atoms with Crippen LogP contribution in [-0.2, 0) is 0 Å². The summed E-state index contributed by atoms with van der Waals surface area (Å²) in [6.45, 7) is 0. The zero-order valence-corrected chi connectivity index (χ0v) is 18.0. The Morgan fingerprint density at radius 3 is 1.21 bits per heavy atom. The number of nitriles is 4. The van der Waals surface area contributed by atoms with Gasteiger partial charge in [0.25, 0.3) is 0 Å². The van der Waals surface area contributed by atoms with Crippen LogP contribution < -0.4 is 0 Å². The fraction of sp³-hybridized carbons (Fsp3) is 0. The molecule has 0 radical (unpaired) electrons. The molecule has 0 unspecified atom stereocenters. The molecule has 4 aromatic rings. The highest BCUT2D eigenvalue weighted by molar-refractivity contribution is 5.95. The molecule has 0 amide bonds. The van der Waals surface area contributed by atoms with Crippen LogP contribution in [0.2, 0.25) is 0 Å². The number of allylic oxidation sites excluding steroid dienone is 2. The predicted molar refractivity (Wildman–Crippen MR) is 133 cm³/mol. The van der Waals surface area contributed by atoms with Gasteiger partial charge in [0.1, 0.15) is 0 Å². The predicted octanol–water partition coefficient (Wildman–Crippen LogP) is 6.71. The Morgan fingerprint density at radius 2 is 0.882 bits per heavy atom. The van der Waals surface area contributed by atoms with Gasteiger partial charge < -0.3 is 0 Å². The highest BCUT2D eigenvalue weighted by Crippen LogP contribution is 2.25. The second kappa shape index (κ2) is 9.80. The number of benzene rings is 4. The Morgan fingerprint density at radius 1 is 0.500 bits per heavy atom. The van der Waals surface area contributed by atoms with Crippen LogP contribution in [0.5, 0.6) is 0 Å². The molecule has 0 aliphatic heterocycles. The summed E-state index contributed by atoms with van der Waals surface area (Å²) in [5.74, 6) is 0. The molecule has 0 aliphatic rings. The maximum Gasteiger partial charge on any atom is 0.0998 e. The van der Waals surface area contributed by atoms with E-state index in [0.717, 1.165) is 33.0 Å². The Kier molecular flexibility index (Phi) is 6.29. The Balaban J connectivity index is 1.65. The third kappa shape index (κ3) is 4.74. The second-order valence-corrected chi connectivity index (χ2v) is 7.58. The van der Waals surface area contributed by atoms with Crippen LogP contribution >= 0.6 is 0 Å².